The molecule has 0 bridgehead atoms. The average Bonchev–Trinajstić information content (AvgIpc) is 2.78. The Bertz CT molecular complexity index is 1120. The Balaban J connectivity index is 1.48. The number of carbonyl (C=O) groups is 1. The molecule has 1 aromatic carbocycles. The van der Waals surface area contributed by atoms with Gasteiger partial charge in [-0.1, -0.05) is 11.6 Å². The minimum absolute atomic E-state index is 0.142. The average molecular weight is 457 g/mol. The van der Waals surface area contributed by atoms with Crippen LogP contribution in [0.3, 0.4) is 0 Å². The summed E-state index contributed by atoms with van der Waals surface area (Å²) in [4.78, 5) is 18.6. The second-order valence-electron chi connectivity index (χ2n) is 7.34. The van der Waals surface area contributed by atoms with Gasteiger partial charge < -0.3 is 15.4 Å². The number of ether oxygens (including phenoxy) is 1. The van der Waals surface area contributed by atoms with Gasteiger partial charge >= 0.3 is 0 Å². The number of nitrogens with one attached hydrogen (secondary N) is 2. The summed E-state index contributed by atoms with van der Waals surface area (Å²) in [6, 6.07) is 9.46. The molecule has 1 fully saturated rings. The van der Waals surface area contributed by atoms with Crippen LogP contribution >= 0.6 is 11.6 Å². The van der Waals surface area contributed by atoms with Gasteiger partial charge in [-0.2, -0.15) is 10.2 Å². The topological polar surface area (TPSA) is 92.3 Å². The molecule has 0 spiro atoms. The fraction of sp³-hybridized carbons (Fsp3) is 0.273. The summed E-state index contributed by atoms with van der Waals surface area (Å²) in [5.41, 5.74) is 2.58. The summed E-state index contributed by atoms with van der Waals surface area (Å²) >= 11 is 6.01. The van der Waals surface area contributed by atoms with Crippen molar-refractivity contribution in [2.75, 3.05) is 43.5 Å². The standard InChI is InChI=1S/C22H22ClFN6O2/c1-14-19(12-20(29-28-14)17-10-15(23)2-3-18(17)24)26-16-4-5-25-21(11-16)27-22(31)13-30-6-8-32-9-7-30/h2-5,10-12H,6-9,13H2,1H3,(H2,25,26,27,29,31). The van der Waals surface area contributed by atoms with Gasteiger partial charge in [0.2, 0.25) is 5.91 Å². The summed E-state index contributed by atoms with van der Waals surface area (Å²) in [5.74, 6) is -0.154. The Morgan fingerprint density at radius 3 is 2.81 bits per heavy atom. The monoisotopic (exact) mass is 456 g/mol. The van der Waals surface area contributed by atoms with Gasteiger partial charge in [-0.25, -0.2) is 9.37 Å². The molecule has 32 heavy (non-hydrogen) atoms. The summed E-state index contributed by atoms with van der Waals surface area (Å²) in [7, 11) is 0. The van der Waals surface area contributed by atoms with Crippen molar-refractivity contribution in [2.24, 2.45) is 0 Å². The minimum atomic E-state index is -0.437. The number of amides is 1. The van der Waals surface area contributed by atoms with Crippen molar-refractivity contribution in [2.45, 2.75) is 6.92 Å². The van der Waals surface area contributed by atoms with Crippen LogP contribution in [0.5, 0.6) is 0 Å². The Kier molecular flexibility index (Phi) is 6.89. The van der Waals surface area contributed by atoms with Crippen molar-refractivity contribution >= 4 is 34.7 Å². The predicted molar refractivity (Wildman–Crippen MR) is 121 cm³/mol. The van der Waals surface area contributed by atoms with Crippen LogP contribution in [0.15, 0.2) is 42.6 Å². The molecule has 0 radical (unpaired) electrons. The van der Waals surface area contributed by atoms with E-state index < -0.39 is 5.82 Å². The number of morpholine rings is 1. The summed E-state index contributed by atoms with van der Waals surface area (Å²) in [6.45, 7) is 4.79. The van der Waals surface area contributed by atoms with E-state index in [4.69, 9.17) is 16.3 Å². The molecule has 3 heterocycles. The zero-order valence-electron chi connectivity index (χ0n) is 17.4. The fourth-order valence-corrected chi connectivity index (χ4v) is 3.45. The van der Waals surface area contributed by atoms with Gasteiger partial charge in [0, 0.05) is 41.6 Å². The summed E-state index contributed by atoms with van der Waals surface area (Å²) < 4.78 is 19.6. The molecule has 1 aliphatic rings. The third-order valence-corrected chi connectivity index (χ3v) is 5.20. The second-order valence-corrected chi connectivity index (χ2v) is 7.78. The Hall–Kier alpha value is -3.14. The molecule has 166 valence electrons. The molecular weight excluding hydrogens is 435 g/mol. The van der Waals surface area contributed by atoms with E-state index in [0.29, 0.717) is 46.8 Å². The Morgan fingerprint density at radius 2 is 2.00 bits per heavy atom. The zero-order valence-corrected chi connectivity index (χ0v) is 18.2. The number of benzene rings is 1. The third kappa shape index (κ3) is 5.56. The van der Waals surface area contributed by atoms with E-state index in [1.54, 1.807) is 31.3 Å². The van der Waals surface area contributed by atoms with Crippen molar-refractivity contribution in [1.29, 1.82) is 0 Å². The minimum Gasteiger partial charge on any atom is -0.379 e. The van der Waals surface area contributed by atoms with Gasteiger partial charge in [-0.3, -0.25) is 9.69 Å². The number of carbonyl (C=O) groups excluding carboxylic acids is 1. The molecule has 0 aliphatic carbocycles. The lowest BCUT2D eigenvalue weighted by Crippen LogP contribution is -2.41. The molecule has 3 aromatic rings. The highest BCUT2D eigenvalue weighted by molar-refractivity contribution is 6.30. The molecule has 2 N–H and O–H groups in total. The molecule has 0 unspecified atom stereocenters. The van der Waals surface area contributed by atoms with E-state index in [1.807, 2.05) is 4.90 Å². The van der Waals surface area contributed by atoms with Crippen LogP contribution in [0, 0.1) is 12.7 Å². The van der Waals surface area contributed by atoms with E-state index >= 15 is 0 Å². The number of anilines is 3. The first kappa shape index (κ1) is 22.1. The first-order valence-electron chi connectivity index (χ1n) is 10.1. The number of hydrogen-bond acceptors (Lipinski definition) is 7. The maximum Gasteiger partial charge on any atom is 0.239 e. The molecular formula is C22H22ClFN6O2. The van der Waals surface area contributed by atoms with Crippen LogP contribution in [0.2, 0.25) is 5.02 Å². The van der Waals surface area contributed by atoms with Crippen LogP contribution in [-0.4, -0.2) is 58.8 Å². The van der Waals surface area contributed by atoms with E-state index in [9.17, 15) is 9.18 Å². The molecule has 0 atom stereocenters. The van der Waals surface area contributed by atoms with Crippen LogP contribution in [-0.2, 0) is 9.53 Å². The first-order valence-corrected chi connectivity index (χ1v) is 10.5. The smallest absolute Gasteiger partial charge is 0.239 e. The summed E-state index contributed by atoms with van der Waals surface area (Å²) in [5, 5.41) is 14.7. The number of halogens is 2. The number of pyridine rings is 1. The molecule has 0 saturated carbocycles. The van der Waals surface area contributed by atoms with Crippen LogP contribution in [0.1, 0.15) is 5.69 Å². The molecule has 1 saturated heterocycles. The lowest BCUT2D eigenvalue weighted by atomic mass is 10.1. The van der Waals surface area contributed by atoms with Crippen LogP contribution in [0.4, 0.5) is 21.6 Å². The maximum absolute atomic E-state index is 14.3. The van der Waals surface area contributed by atoms with Crippen LogP contribution < -0.4 is 10.6 Å². The van der Waals surface area contributed by atoms with Crippen molar-refractivity contribution in [1.82, 2.24) is 20.1 Å². The maximum atomic E-state index is 14.3. The fourth-order valence-electron chi connectivity index (χ4n) is 3.28. The highest BCUT2D eigenvalue weighted by atomic mass is 35.5. The first-order chi connectivity index (χ1) is 15.5. The molecule has 10 heteroatoms. The van der Waals surface area contributed by atoms with Crippen molar-refractivity contribution in [3.05, 3.63) is 59.1 Å². The number of rotatable bonds is 6. The quantitative estimate of drug-likeness (QED) is 0.584. The largest absolute Gasteiger partial charge is 0.379 e. The lowest BCUT2D eigenvalue weighted by Gasteiger charge is -2.25. The van der Waals surface area contributed by atoms with E-state index in [-0.39, 0.29) is 18.0 Å². The second kappa shape index (κ2) is 9.99. The highest BCUT2D eigenvalue weighted by Gasteiger charge is 2.15. The predicted octanol–water partition coefficient (Wildman–Crippen LogP) is 3.65. The summed E-state index contributed by atoms with van der Waals surface area (Å²) in [6.07, 6.45) is 1.59. The number of hydrogen-bond donors (Lipinski definition) is 2. The van der Waals surface area contributed by atoms with Gasteiger partial charge in [-0.15, -0.1) is 0 Å². The van der Waals surface area contributed by atoms with E-state index in [1.165, 1.54) is 18.2 Å². The molecule has 8 nitrogen and oxygen atoms in total. The van der Waals surface area contributed by atoms with Crippen molar-refractivity contribution in [3.63, 3.8) is 0 Å². The van der Waals surface area contributed by atoms with Gasteiger partial charge in [0.15, 0.2) is 0 Å². The van der Waals surface area contributed by atoms with Crippen LogP contribution in [0.25, 0.3) is 11.3 Å². The molecule has 1 amide bonds. The highest BCUT2D eigenvalue weighted by Crippen LogP contribution is 2.28. The third-order valence-electron chi connectivity index (χ3n) is 4.96. The van der Waals surface area contributed by atoms with E-state index in [2.05, 4.69) is 25.8 Å². The van der Waals surface area contributed by atoms with Gasteiger partial charge in [0.05, 0.1) is 36.8 Å². The van der Waals surface area contributed by atoms with Gasteiger partial charge in [0.1, 0.15) is 11.6 Å². The normalized spacial score (nSPS) is 14.2. The lowest BCUT2D eigenvalue weighted by molar-refractivity contribution is -0.118. The SMILES string of the molecule is Cc1nnc(-c2cc(Cl)ccc2F)cc1Nc1ccnc(NC(=O)CN2CCOCC2)c1. The van der Waals surface area contributed by atoms with Crippen molar-refractivity contribution < 1.29 is 13.9 Å². The Morgan fingerprint density at radius 1 is 1.19 bits per heavy atom. The number of aryl methyl sites for hydroxylation is 1. The number of nitrogens with zero attached hydrogens (tertiary/aromatic N) is 4. The molecule has 2 aromatic heterocycles. The Labute approximate surface area is 189 Å². The zero-order chi connectivity index (χ0) is 22.5. The number of aromatic nitrogens is 3. The van der Waals surface area contributed by atoms with Gasteiger partial charge in [0.25, 0.3) is 0 Å². The van der Waals surface area contributed by atoms with Crippen molar-refractivity contribution in [3.8, 4) is 11.3 Å². The molecule has 1 aliphatic heterocycles. The van der Waals surface area contributed by atoms with Gasteiger partial charge in [-0.05, 0) is 37.3 Å². The van der Waals surface area contributed by atoms with E-state index in [0.717, 1.165) is 13.1 Å². The molecule has 4 rings (SSSR count).